The second kappa shape index (κ2) is 7.62. The minimum absolute atomic E-state index is 0.627. The molecule has 0 unspecified atom stereocenters. The van der Waals surface area contributed by atoms with Crippen molar-refractivity contribution in [3.63, 3.8) is 0 Å². The average Bonchev–Trinajstić information content (AvgIpc) is 2.91. The van der Waals surface area contributed by atoms with E-state index in [2.05, 4.69) is 19.9 Å². The van der Waals surface area contributed by atoms with Crippen LogP contribution in [0.3, 0.4) is 0 Å². The highest BCUT2D eigenvalue weighted by atomic mass is 16.5. The third-order valence-electron chi connectivity index (χ3n) is 2.89. The lowest BCUT2D eigenvalue weighted by Gasteiger charge is -2.09. The molecule has 0 fully saturated rings. The van der Waals surface area contributed by atoms with Crippen molar-refractivity contribution >= 4 is 0 Å². The summed E-state index contributed by atoms with van der Waals surface area (Å²) in [5.74, 6) is 1.60. The minimum atomic E-state index is 0.627. The first kappa shape index (κ1) is 14.5. The lowest BCUT2D eigenvalue weighted by Crippen LogP contribution is -2.21. The van der Waals surface area contributed by atoms with Gasteiger partial charge in [-0.1, -0.05) is 6.07 Å². The number of aromatic nitrogens is 3. The Kier molecular flexibility index (Phi) is 5.52. The molecule has 0 amide bonds. The van der Waals surface area contributed by atoms with Crippen LogP contribution in [0.25, 0.3) is 0 Å². The molecule has 2 aromatic rings. The van der Waals surface area contributed by atoms with Gasteiger partial charge in [0.1, 0.15) is 5.82 Å². The van der Waals surface area contributed by atoms with E-state index in [4.69, 9.17) is 9.47 Å². The Morgan fingerprint density at radius 2 is 2.20 bits per heavy atom. The summed E-state index contributed by atoms with van der Waals surface area (Å²) in [5.41, 5.74) is 0.945. The number of imidazole rings is 1. The van der Waals surface area contributed by atoms with Gasteiger partial charge in [-0.25, -0.2) is 9.97 Å². The van der Waals surface area contributed by atoms with E-state index >= 15 is 0 Å². The molecule has 0 aliphatic rings. The van der Waals surface area contributed by atoms with Crippen molar-refractivity contribution in [3.05, 3.63) is 42.1 Å². The fraction of sp³-hybridized carbons (Fsp3) is 0.429. The zero-order valence-corrected chi connectivity index (χ0v) is 11.9. The number of pyridine rings is 1. The topological polar surface area (TPSA) is 61.2 Å². The molecule has 0 radical (unpaired) electrons. The van der Waals surface area contributed by atoms with Crippen LogP contribution >= 0.6 is 0 Å². The second-order valence-corrected chi connectivity index (χ2v) is 4.31. The maximum absolute atomic E-state index is 5.13. The van der Waals surface area contributed by atoms with Crippen LogP contribution in [0.5, 0.6) is 5.88 Å². The summed E-state index contributed by atoms with van der Waals surface area (Å²) < 4.78 is 12.2. The molecule has 0 aliphatic carbocycles. The van der Waals surface area contributed by atoms with E-state index < -0.39 is 0 Å². The number of rotatable bonds is 8. The van der Waals surface area contributed by atoms with Crippen LogP contribution in [0.1, 0.15) is 11.5 Å². The molecule has 1 N–H and O–H groups in total. The molecule has 0 aromatic carbocycles. The van der Waals surface area contributed by atoms with Gasteiger partial charge in [0.2, 0.25) is 5.88 Å². The molecule has 2 heterocycles. The fourth-order valence-electron chi connectivity index (χ4n) is 1.86. The predicted molar refractivity (Wildman–Crippen MR) is 75.7 cm³/mol. The summed E-state index contributed by atoms with van der Waals surface area (Å²) in [4.78, 5) is 8.76. The first-order chi connectivity index (χ1) is 9.83. The molecule has 6 nitrogen and oxygen atoms in total. The molecule has 0 saturated carbocycles. The second-order valence-electron chi connectivity index (χ2n) is 4.31. The molecule has 108 valence electrons. The zero-order chi connectivity index (χ0) is 14.2. The molecule has 0 spiro atoms. The van der Waals surface area contributed by atoms with Gasteiger partial charge >= 0.3 is 0 Å². The molecule has 0 aliphatic heterocycles. The van der Waals surface area contributed by atoms with Gasteiger partial charge in [0, 0.05) is 32.1 Å². The van der Waals surface area contributed by atoms with E-state index in [1.807, 2.05) is 24.4 Å². The number of hydrogen-bond acceptors (Lipinski definition) is 5. The number of methoxy groups -OCH3 is 2. The Labute approximate surface area is 118 Å². The van der Waals surface area contributed by atoms with Crippen molar-refractivity contribution in [2.24, 2.45) is 0 Å². The Hall–Kier alpha value is -1.92. The van der Waals surface area contributed by atoms with Gasteiger partial charge in [-0.05, 0) is 6.07 Å². The zero-order valence-electron chi connectivity index (χ0n) is 11.9. The fourth-order valence-corrected chi connectivity index (χ4v) is 1.86. The highest BCUT2D eigenvalue weighted by Crippen LogP contribution is 2.09. The van der Waals surface area contributed by atoms with Gasteiger partial charge in [-0.15, -0.1) is 0 Å². The van der Waals surface area contributed by atoms with Crippen molar-refractivity contribution in [1.29, 1.82) is 0 Å². The van der Waals surface area contributed by atoms with E-state index in [0.29, 0.717) is 25.6 Å². The van der Waals surface area contributed by atoms with Crippen LogP contribution in [-0.2, 0) is 17.8 Å². The number of nitrogens with zero attached hydrogens (tertiary/aromatic N) is 3. The normalized spacial score (nSPS) is 10.7. The maximum Gasteiger partial charge on any atom is 0.213 e. The molecule has 0 bridgehead atoms. The van der Waals surface area contributed by atoms with Crippen LogP contribution in [0.15, 0.2) is 30.6 Å². The number of hydrogen-bond donors (Lipinski definition) is 1. The largest absolute Gasteiger partial charge is 0.481 e. The van der Waals surface area contributed by atoms with E-state index in [0.717, 1.165) is 18.1 Å². The highest BCUT2D eigenvalue weighted by molar-refractivity contribution is 5.16. The van der Waals surface area contributed by atoms with Crippen molar-refractivity contribution in [3.8, 4) is 5.88 Å². The Morgan fingerprint density at radius 1 is 1.30 bits per heavy atom. The third-order valence-corrected chi connectivity index (χ3v) is 2.89. The van der Waals surface area contributed by atoms with Crippen LogP contribution in [-0.4, -0.2) is 41.9 Å². The molecule has 6 heteroatoms. The summed E-state index contributed by atoms with van der Waals surface area (Å²) in [6, 6.07) is 5.75. The predicted octanol–water partition coefficient (Wildman–Crippen LogP) is 1.07. The van der Waals surface area contributed by atoms with E-state index in [1.54, 1.807) is 20.4 Å². The monoisotopic (exact) mass is 276 g/mol. The van der Waals surface area contributed by atoms with Gasteiger partial charge in [-0.2, -0.15) is 0 Å². The van der Waals surface area contributed by atoms with Crippen LogP contribution in [0.2, 0.25) is 0 Å². The summed E-state index contributed by atoms with van der Waals surface area (Å²) in [6.07, 6.45) is 3.75. The minimum Gasteiger partial charge on any atom is -0.481 e. The van der Waals surface area contributed by atoms with Gasteiger partial charge < -0.3 is 19.4 Å². The maximum atomic E-state index is 5.13. The quantitative estimate of drug-likeness (QED) is 0.731. The van der Waals surface area contributed by atoms with Gasteiger partial charge in [0.05, 0.1) is 32.5 Å². The van der Waals surface area contributed by atoms with Crippen LogP contribution in [0, 0.1) is 0 Å². The molecule has 20 heavy (non-hydrogen) atoms. The summed E-state index contributed by atoms with van der Waals surface area (Å²) in [6.45, 7) is 2.89. The Balaban J connectivity index is 1.97. The van der Waals surface area contributed by atoms with Crippen molar-refractivity contribution in [1.82, 2.24) is 19.9 Å². The molecule has 0 saturated heterocycles. The summed E-state index contributed by atoms with van der Waals surface area (Å²) >= 11 is 0. The summed E-state index contributed by atoms with van der Waals surface area (Å²) in [7, 11) is 3.31. The lowest BCUT2D eigenvalue weighted by molar-refractivity contribution is 0.199. The molecule has 0 atom stereocenters. The van der Waals surface area contributed by atoms with E-state index in [9.17, 15) is 0 Å². The first-order valence-electron chi connectivity index (χ1n) is 6.53. The smallest absolute Gasteiger partial charge is 0.213 e. The van der Waals surface area contributed by atoms with E-state index in [-0.39, 0.29) is 0 Å². The third kappa shape index (κ3) is 4.04. The first-order valence-corrected chi connectivity index (χ1v) is 6.53. The van der Waals surface area contributed by atoms with Crippen LogP contribution in [0.4, 0.5) is 0 Å². The summed E-state index contributed by atoms with van der Waals surface area (Å²) in [5, 5.41) is 3.28. The van der Waals surface area contributed by atoms with Crippen molar-refractivity contribution < 1.29 is 9.47 Å². The Morgan fingerprint density at radius 3 is 3.00 bits per heavy atom. The lowest BCUT2D eigenvalue weighted by atomic mass is 10.3. The van der Waals surface area contributed by atoms with Crippen molar-refractivity contribution in [2.75, 3.05) is 27.4 Å². The molecular formula is C14H20N4O2. The number of ether oxygens (including phenoxy) is 2. The van der Waals surface area contributed by atoms with Gasteiger partial charge in [-0.3, -0.25) is 0 Å². The van der Waals surface area contributed by atoms with Crippen molar-refractivity contribution in [2.45, 2.75) is 13.1 Å². The Bertz CT molecular complexity index is 527. The average molecular weight is 276 g/mol. The molecule has 2 aromatic heterocycles. The molecule has 2 rings (SSSR count). The van der Waals surface area contributed by atoms with Crippen LogP contribution < -0.4 is 10.1 Å². The SMILES string of the molecule is COCCNCc1nccn1Cc1cccc(OC)n1. The number of nitrogens with one attached hydrogen (secondary N) is 1. The highest BCUT2D eigenvalue weighted by Gasteiger charge is 2.05. The molecular weight excluding hydrogens is 256 g/mol. The van der Waals surface area contributed by atoms with Gasteiger partial charge in [0.25, 0.3) is 0 Å². The standard InChI is InChI=1S/C14H20N4O2/c1-19-9-7-15-10-13-16-6-8-18(13)11-12-4-3-5-14(17-12)20-2/h3-6,8,15H,7,9-11H2,1-2H3. The van der Waals surface area contributed by atoms with Gasteiger partial charge in [0.15, 0.2) is 0 Å². The van der Waals surface area contributed by atoms with E-state index in [1.165, 1.54) is 0 Å².